The fraction of sp³-hybridized carbons (Fsp3) is 0.241. The van der Waals surface area contributed by atoms with Crippen LogP contribution in [0.1, 0.15) is 52.6 Å². The lowest BCUT2D eigenvalue weighted by atomic mass is 9.87. The molecule has 0 spiro atoms. The topological polar surface area (TPSA) is 68.1 Å². The summed E-state index contributed by atoms with van der Waals surface area (Å²) in [6.07, 6.45) is 0. The van der Waals surface area contributed by atoms with Gasteiger partial charge in [0.2, 0.25) is 0 Å². The number of thioether (sulfide) groups is 1. The zero-order valence-electron chi connectivity index (χ0n) is 20.6. The van der Waals surface area contributed by atoms with Crippen LogP contribution >= 0.6 is 11.8 Å². The molecule has 0 aliphatic carbocycles. The number of hydrogen-bond donors (Lipinski definition) is 0. The minimum Gasteiger partial charge on any atom is -0.298 e. The van der Waals surface area contributed by atoms with E-state index in [0.29, 0.717) is 30.0 Å². The molecule has 2 amide bonds. The Morgan fingerprint density at radius 2 is 1.39 bits per heavy atom. The number of fused-ring (bicyclic) bond motifs is 1. The first kappa shape index (κ1) is 24.0. The summed E-state index contributed by atoms with van der Waals surface area (Å²) in [5, 5.41) is 9.78. The molecule has 0 fully saturated rings. The molecule has 1 aliphatic rings. The third kappa shape index (κ3) is 4.71. The molecule has 0 radical (unpaired) electrons. The number of hydrogen-bond acceptors (Lipinski definition) is 5. The number of benzene rings is 3. The van der Waals surface area contributed by atoms with Crippen LogP contribution in [-0.4, -0.2) is 43.8 Å². The number of imide groups is 1. The van der Waals surface area contributed by atoms with Crippen molar-refractivity contribution in [2.75, 3.05) is 12.3 Å². The Morgan fingerprint density at radius 3 is 2.00 bits per heavy atom. The number of carbonyl (C=O) groups excluding carboxylic acids is 2. The van der Waals surface area contributed by atoms with Crippen molar-refractivity contribution < 1.29 is 9.59 Å². The molecular formula is C29H28N4O2S. The first-order chi connectivity index (χ1) is 17.3. The predicted octanol–water partition coefficient (Wildman–Crippen LogP) is 5.68. The van der Waals surface area contributed by atoms with Crippen LogP contribution in [0.2, 0.25) is 0 Å². The molecule has 0 saturated carbocycles. The van der Waals surface area contributed by atoms with E-state index in [1.165, 1.54) is 22.2 Å². The summed E-state index contributed by atoms with van der Waals surface area (Å²) in [5.41, 5.74) is 4.42. The van der Waals surface area contributed by atoms with E-state index >= 15 is 0 Å². The van der Waals surface area contributed by atoms with Gasteiger partial charge in [0, 0.05) is 17.9 Å². The van der Waals surface area contributed by atoms with Crippen LogP contribution in [0, 0.1) is 0 Å². The van der Waals surface area contributed by atoms with Crippen molar-refractivity contribution in [3.05, 3.63) is 101 Å². The summed E-state index contributed by atoms with van der Waals surface area (Å²) in [4.78, 5) is 26.7. The fourth-order valence-electron chi connectivity index (χ4n) is 4.31. The molecular weight excluding hydrogens is 468 g/mol. The van der Waals surface area contributed by atoms with Gasteiger partial charge in [-0.05, 0) is 28.7 Å². The lowest BCUT2D eigenvalue weighted by molar-refractivity contribution is 0.0664. The van der Waals surface area contributed by atoms with E-state index in [0.717, 1.165) is 22.1 Å². The van der Waals surface area contributed by atoms with Gasteiger partial charge in [0.05, 0.1) is 17.7 Å². The Morgan fingerprint density at radius 1 is 0.778 bits per heavy atom. The standard InChI is InChI=1S/C29H28N4O2S/c1-29(2,3)22-15-13-21(14-16-22)25-30-31-28(33(25)19-20-9-5-4-6-10-20)36-18-17-32-26(34)23-11-7-8-12-24(23)27(32)35/h4-16H,17-19H2,1-3H3. The average molecular weight is 497 g/mol. The van der Waals surface area contributed by atoms with Crippen molar-refractivity contribution in [1.82, 2.24) is 19.7 Å². The van der Waals surface area contributed by atoms with Crippen LogP contribution < -0.4 is 0 Å². The van der Waals surface area contributed by atoms with Crippen LogP contribution in [0.5, 0.6) is 0 Å². The highest BCUT2D eigenvalue weighted by Gasteiger charge is 2.34. The predicted molar refractivity (Wildman–Crippen MR) is 142 cm³/mol. The van der Waals surface area contributed by atoms with Crippen LogP contribution in [0.15, 0.2) is 84.0 Å². The van der Waals surface area contributed by atoms with E-state index in [-0.39, 0.29) is 17.2 Å². The molecule has 1 aliphatic heterocycles. The minimum absolute atomic E-state index is 0.0708. The van der Waals surface area contributed by atoms with E-state index in [1.54, 1.807) is 24.3 Å². The number of amides is 2. The quantitative estimate of drug-likeness (QED) is 0.243. The van der Waals surface area contributed by atoms with E-state index in [2.05, 4.69) is 71.9 Å². The van der Waals surface area contributed by atoms with Gasteiger partial charge in [0.25, 0.3) is 11.8 Å². The van der Waals surface area contributed by atoms with E-state index in [9.17, 15) is 9.59 Å². The zero-order valence-corrected chi connectivity index (χ0v) is 21.5. The molecule has 6 nitrogen and oxygen atoms in total. The second kappa shape index (κ2) is 9.74. The van der Waals surface area contributed by atoms with Gasteiger partial charge in [-0.1, -0.05) is 99.3 Å². The van der Waals surface area contributed by atoms with Crippen molar-refractivity contribution in [1.29, 1.82) is 0 Å². The molecule has 1 aromatic heterocycles. The first-order valence-corrected chi connectivity index (χ1v) is 13.0. The monoisotopic (exact) mass is 496 g/mol. The molecule has 0 bridgehead atoms. The summed E-state index contributed by atoms with van der Waals surface area (Å²) >= 11 is 1.50. The Kier molecular flexibility index (Phi) is 6.49. The summed E-state index contributed by atoms with van der Waals surface area (Å²) in [5.74, 6) is 0.854. The highest BCUT2D eigenvalue weighted by atomic mass is 32.2. The molecule has 7 heteroatoms. The highest BCUT2D eigenvalue weighted by molar-refractivity contribution is 7.99. The number of rotatable bonds is 7. The second-order valence-corrected chi connectivity index (χ2v) is 10.9. The van der Waals surface area contributed by atoms with Gasteiger partial charge in [-0.15, -0.1) is 10.2 Å². The van der Waals surface area contributed by atoms with Crippen molar-refractivity contribution in [3.63, 3.8) is 0 Å². The first-order valence-electron chi connectivity index (χ1n) is 12.0. The number of nitrogens with zero attached hydrogens (tertiary/aromatic N) is 4. The second-order valence-electron chi connectivity index (χ2n) is 9.86. The largest absolute Gasteiger partial charge is 0.298 e. The lowest BCUT2D eigenvalue weighted by Gasteiger charge is -2.19. The van der Waals surface area contributed by atoms with Crippen molar-refractivity contribution in [3.8, 4) is 11.4 Å². The maximum Gasteiger partial charge on any atom is 0.261 e. The number of carbonyl (C=O) groups is 2. The highest BCUT2D eigenvalue weighted by Crippen LogP contribution is 2.29. The van der Waals surface area contributed by atoms with Gasteiger partial charge in [-0.3, -0.25) is 19.1 Å². The molecule has 2 heterocycles. The van der Waals surface area contributed by atoms with E-state index in [1.807, 2.05) is 18.2 Å². The van der Waals surface area contributed by atoms with Gasteiger partial charge in [0.15, 0.2) is 11.0 Å². The van der Waals surface area contributed by atoms with E-state index in [4.69, 9.17) is 0 Å². The molecule has 0 atom stereocenters. The smallest absolute Gasteiger partial charge is 0.261 e. The summed E-state index contributed by atoms with van der Waals surface area (Å²) in [7, 11) is 0. The molecule has 182 valence electrons. The maximum atomic E-state index is 12.7. The maximum absolute atomic E-state index is 12.7. The molecule has 5 rings (SSSR count). The van der Waals surface area contributed by atoms with Crippen molar-refractivity contribution >= 4 is 23.6 Å². The Labute approximate surface area is 215 Å². The SMILES string of the molecule is CC(C)(C)c1ccc(-c2nnc(SCCN3C(=O)c4ccccc4C3=O)n2Cc2ccccc2)cc1. The average Bonchev–Trinajstić information content (AvgIpc) is 3.38. The van der Waals surface area contributed by atoms with Crippen LogP contribution in [-0.2, 0) is 12.0 Å². The summed E-state index contributed by atoms with van der Waals surface area (Å²) < 4.78 is 2.11. The zero-order chi connectivity index (χ0) is 25.3. The van der Waals surface area contributed by atoms with Crippen LogP contribution in [0.4, 0.5) is 0 Å². The normalized spacial score (nSPS) is 13.4. The fourth-order valence-corrected chi connectivity index (χ4v) is 5.17. The number of aromatic nitrogens is 3. The summed E-state index contributed by atoms with van der Waals surface area (Å²) in [6, 6.07) is 25.7. The van der Waals surface area contributed by atoms with Crippen LogP contribution in [0.3, 0.4) is 0 Å². The van der Waals surface area contributed by atoms with Gasteiger partial charge >= 0.3 is 0 Å². The van der Waals surface area contributed by atoms with Crippen molar-refractivity contribution in [2.24, 2.45) is 0 Å². The molecule has 0 saturated heterocycles. The Balaban J connectivity index is 1.37. The molecule has 4 aromatic rings. The molecule has 0 unspecified atom stereocenters. The van der Waals surface area contributed by atoms with E-state index < -0.39 is 0 Å². The van der Waals surface area contributed by atoms with Gasteiger partial charge in [-0.25, -0.2) is 0 Å². The molecule has 3 aromatic carbocycles. The minimum atomic E-state index is -0.235. The van der Waals surface area contributed by atoms with Gasteiger partial charge in [0.1, 0.15) is 0 Å². The van der Waals surface area contributed by atoms with Crippen molar-refractivity contribution in [2.45, 2.75) is 37.9 Å². The molecule has 0 N–H and O–H groups in total. The Bertz CT molecular complexity index is 1370. The third-order valence-corrected chi connectivity index (χ3v) is 7.28. The van der Waals surface area contributed by atoms with Gasteiger partial charge < -0.3 is 0 Å². The van der Waals surface area contributed by atoms with Crippen LogP contribution in [0.25, 0.3) is 11.4 Å². The Hall–Kier alpha value is -3.71. The third-order valence-electron chi connectivity index (χ3n) is 6.33. The van der Waals surface area contributed by atoms with Gasteiger partial charge in [-0.2, -0.15) is 0 Å². The lowest BCUT2D eigenvalue weighted by Crippen LogP contribution is -2.31. The molecule has 36 heavy (non-hydrogen) atoms. The summed E-state index contributed by atoms with van der Waals surface area (Å²) in [6.45, 7) is 7.53.